The number of aromatic nitrogens is 2. The summed E-state index contributed by atoms with van der Waals surface area (Å²) in [5, 5.41) is 33.5. The molecular formula is C64H70N4. The lowest BCUT2D eigenvalue weighted by Crippen LogP contribution is -2.18. The molecule has 4 heterocycles. The largest absolute Gasteiger partial charge is 0.308 e. The minimum atomic E-state index is -0.0316. The van der Waals surface area contributed by atoms with E-state index in [0.29, 0.717) is 0 Å². The Bertz CT molecular complexity index is 3620. The first-order valence-corrected chi connectivity index (χ1v) is 26.3. The maximum atomic E-state index is 11.0. The minimum Gasteiger partial charge on any atom is -0.308 e. The second-order valence-corrected chi connectivity index (χ2v) is 27.8. The van der Waals surface area contributed by atoms with Crippen LogP contribution in [0.1, 0.15) is 202 Å². The highest BCUT2D eigenvalue weighted by molar-refractivity contribution is 6.33. The number of hydrogen-bond donors (Lipinski definition) is 0. The van der Waals surface area contributed by atoms with Crippen LogP contribution in [0, 0.1) is 33.5 Å². The lowest BCUT2D eigenvalue weighted by atomic mass is 9.78. The van der Waals surface area contributed by atoms with E-state index in [0.717, 1.165) is 75.3 Å². The molecule has 0 fully saturated rings. The molecule has 0 bridgehead atoms. The van der Waals surface area contributed by atoms with Gasteiger partial charge in [0.15, 0.2) is 0 Å². The van der Waals surface area contributed by atoms with Crippen molar-refractivity contribution in [2.45, 2.75) is 196 Å². The zero-order valence-electron chi connectivity index (χ0n) is 43.6. The third-order valence-electron chi connectivity index (χ3n) is 18.2. The van der Waals surface area contributed by atoms with Crippen LogP contribution >= 0.6 is 0 Å². The monoisotopic (exact) mass is 895 g/mol. The lowest BCUT2D eigenvalue weighted by molar-refractivity contribution is 0.404. The van der Waals surface area contributed by atoms with Crippen molar-refractivity contribution >= 4 is 76.2 Å². The standard InChI is InChI=1S/C64H70N4/c1-59(2,3)27-41-47-39-25-43-53(63(11,12)31-61(43,7)8)51-50-38-22-18-16-20-36(38)34(30-66)24-46(50)68(55(39)51)58(47)42(28-60(4,5)6)48-40-26-44-54(64(13,14)32-62(44,9)10)52-49-37-21-17-15-19-35(37)33(29-65)23-45(49)67(56(40)52)57(41)48/h23-26H,15-22,27-28,31-32H2,1-14H3. The van der Waals surface area contributed by atoms with Gasteiger partial charge in [0.05, 0.1) is 56.4 Å². The molecule has 0 N–H and O–H groups in total. The number of rotatable bonds is 2. The fourth-order valence-corrected chi connectivity index (χ4v) is 16.7. The summed E-state index contributed by atoms with van der Waals surface area (Å²) in [5.41, 5.74) is 24.0. The van der Waals surface area contributed by atoms with Gasteiger partial charge in [-0.2, -0.15) is 10.5 Å². The van der Waals surface area contributed by atoms with Crippen molar-refractivity contribution in [3.8, 4) is 12.1 Å². The molecule has 68 heavy (non-hydrogen) atoms. The second-order valence-electron chi connectivity index (χ2n) is 27.8. The highest BCUT2D eigenvalue weighted by Gasteiger charge is 2.48. The zero-order chi connectivity index (χ0) is 47.9. The number of fused-ring (bicyclic) bond motifs is 20. The Morgan fingerprint density at radius 2 is 0.809 bits per heavy atom. The molecule has 0 aliphatic heterocycles. The summed E-state index contributed by atoms with van der Waals surface area (Å²) in [6.07, 6.45) is 12.7. The molecule has 13 rings (SSSR count). The van der Waals surface area contributed by atoms with Gasteiger partial charge in [-0.05, 0) is 189 Å². The van der Waals surface area contributed by atoms with Crippen molar-refractivity contribution in [1.82, 2.24) is 8.80 Å². The number of nitrogens with zero attached hydrogens (tertiary/aromatic N) is 4. The van der Waals surface area contributed by atoms with E-state index in [4.69, 9.17) is 0 Å². The smallest absolute Gasteiger partial charge is 0.0995 e. The van der Waals surface area contributed by atoms with Crippen LogP contribution in [0.4, 0.5) is 0 Å². The first-order chi connectivity index (χ1) is 31.9. The van der Waals surface area contributed by atoms with Crippen LogP contribution in [0.5, 0.6) is 0 Å². The molecule has 4 aromatic heterocycles. The topological polar surface area (TPSA) is 56.4 Å². The predicted octanol–water partition coefficient (Wildman–Crippen LogP) is 16.6. The van der Waals surface area contributed by atoms with E-state index in [2.05, 4.69) is 142 Å². The summed E-state index contributed by atoms with van der Waals surface area (Å²) in [7, 11) is 0. The first kappa shape index (κ1) is 42.8. The fourth-order valence-electron chi connectivity index (χ4n) is 16.7. The van der Waals surface area contributed by atoms with Crippen molar-refractivity contribution in [1.29, 1.82) is 10.5 Å². The third-order valence-corrected chi connectivity index (χ3v) is 18.2. The Morgan fingerprint density at radius 3 is 1.15 bits per heavy atom. The van der Waals surface area contributed by atoms with Gasteiger partial charge in [0.2, 0.25) is 0 Å². The number of benzene rings is 5. The molecule has 0 atom stereocenters. The van der Waals surface area contributed by atoms with Crippen molar-refractivity contribution in [3.63, 3.8) is 0 Å². The Balaban J connectivity index is 1.40. The fraction of sp³-hybridized carbons (Fsp3) is 0.500. The van der Waals surface area contributed by atoms with Crippen LogP contribution in [0.3, 0.4) is 0 Å². The van der Waals surface area contributed by atoms with E-state index < -0.39 is 0 Å². The van der Waals surface area contributed by atoms with Gasteiger partial charge < -0.3 is 8.80 Å². The summed E-state index contributed by atoms with van der Waals surface area (Å²) in [6.45, 7) is 34.6. The normalized spacial score (nSPS) is 19.6. The molecule has 4 aliphatic carbocycles. The van der Waals surface area contributed by atoms with Gasteiger partial charge in [-0.1, -0.05) is 96.9 Å². The van der Waals surface area contributed by atoms with E-state index in [1.807, 2.05) is 0 Å². The average Bonchev–Trinajstić information content (AvgIpc) is 4.03. The van der Waals surface area contributed by atoms with Crippen LogP contribution < -0.4 is 0 Å². The maximum Gasteiger partial charge on any atom is 0.0995 e. The lowest BCUT2D eigenvalue weighted by Gasteiger charge is -2.25. The van der Waals surface area contributed by atoms with Crippen LogP contribution in [-0.4, -0.2) is 8.80 Å². The Morgan fingerprint density at radius 1 is 0.456 bits per heavy atom. The molecule has 4 nitrogen and oxygen atoms in total. The van der Waals surface area contributed by atoms with Crippen LogP contribution in [0.25, 0.3) is 76.2 Å². The van der Waals surface area contributed by atoms with Crippen molar-refractivity contribution < 1.29 is 0 Å². The van der Waals surface area contributed by atoms with E-state index in [-0.39, 0.29) is 32.5 Å². The van der Waals surface area contributed by atoms with Crippen molar-refractivity contribution in [2.24, 2.45) is 10.8 Å². The molecule has 4 aliphatic rings. The van der Waals surface area contributed by atoms with Gasteiger partial charge in [0.1, 0.15) is 0 Å². The van der Waals surface area contributed by atoms with Crippen molar-refractivity contribution in [3.05, 3.63) is 91.0 Å². The molecule has 0 saturated carbocycles. The van der Waals surface area contributed by atoms with Gasteiger partial charge in [0, 0.05) is 43.1 Å². The van der Waals surface area contributed by atoms with Crippen molar-refractivity contribution in [2.75, 3.05) is 0 Å². The van der Waals surface area contributed by atoms with E-state index in [1.54, 1.807) is 0 Å². The highest BCUT2D eigenvalue weighted by Crippen LogP contribution is 2.61. The molecule has 0 saturated heterocycles. The number of hydrogen-bond acceptors (Lipinski definition) is 2. The number of aryl methyl sites for hydroxylation is 2. The van der Waals surface area contributed by atoms with E-state index >= 15 is 0 Å². The van der Waals surface area contributed by atoms with Gasteiger partial charge in [-0.3, -0.25) is 0 Å². The third kappa shape index (κ3) is 5.26. The SMILES string of the molecule is CC(C)(C)Cc1c2c3cc4c(c5c6c7c(c(C#N)cc6n(c2c(CC(C)(C)C)c2c6cc8c(c9c%10c%11c(c(C#N)cc%10n(c12)c69)CCCC%11)C(C)(C)CC8(C)C)c35)CCCC7)C(C)(C)CC4(C)C. The minimum absolute atomic E-state index is 0.00546. The molecule has 0 unspecified atom stereocenters. The second kappa shape index (κ2) is 12.9. The van der Waals surface area contributed by atoms with E-state index in [9.17, 15) is 10.5 Å². The molecule has 0 amide bonds. The Hall–Kier alpha value is -5.32. The predicted molar refractivity (Wildman–Crippen MR) is 286 cm³/mol. The number of nitriles is 2. The molecule has 0 spiro atoms. The molecule has 4 heteroatoms. The molecule has 9 aromatic rings. The van der Waals surface area contributed by atoms with Crippen LogP contribution in [0.2, 0.25) is 0 Å². The maximum absolute atomic E-state index is 11.0. The van der Waals surface area contributed by atoms with Crippen LogP contribution in [0.15, 0.2) is 24.3 Å². The molecular weight excluding hydrogens is 825 g/mol. The summed E-state index contributed by atoms with van der Waals surface area (Å²) < 4.78 is 5.49. The van der Waals surface area contributed by atoms with Gasteiger partial charge >= 0.3 is 0 Å². The molecule has 346 valence electrons. The molecule has 5 aromatic carbocycles. The average molecular weight is 895 g/mol. The van der Waals surface area contributed by atoms with Gasteiger partial charge in [-0.15, -0.1) is 0 Å². The van der Waals surface area contributed by atoms with Gasteiger partial charge in [-0.25, -0.2) is 0 Å². The summed E-state index contributed by atoms with van der Waals surface area (Å²) >= 11 is 0. The van der Waals surface area contributed by atoms with E-state index in [1.165, 1.54) is 145 Å². The molecule has 0 radical (unpaired) electrons. The summed E-state index contributed by atoms with van der Waals surface area (Å²) in [5.74, 6) is 0. The Kier molecular flexibility index (Phi) is 8.11. The quantitative estimate of drug-likeness (QED) is 0.174. The summed E-state index contributed by atoms with van der Waals surface area (Å²) in [6, 6.07) is 15.6. The van der Waals surface area contributed by atoms with Crippen LogP contribution in [-0.2, 0) is 60.2 Å². The first-order valence-electron chi connectivity index (χ1n) is 26.3. The highest BCUT2D eigenvalue weighted by atomic mass is 15.0. The summed E-state index contributed by atoms with van der Waals surface area (Å²) in [4.78, 5) is 0. The Labute approximate surface area is 403 Å². The van der Waals surface area contributed by atoms with Gasteiger partial charge in [0.25, 0.3) is 0 Å². The zero-order valence-corrected chi connectivity index (χ0v) is 43.6.